The Bertz CT molecular complexity index is 837. The quantitative estimate of drug-likeness (QED) is 0.598. The lowest BCUT2D eigenvalue weighted by Crippen LogP contribution is -2.46. The third-order valence-corrected chi connectivity index (χ3v) is 5.24. The van der Waals surface area contributed by atoms with E-state index in [1.165, 1.54) is 27.7 Å². The van der Waals surface area contributed by atoms with Gasteiger partial charge in [-0.25, -0.2) is 4.79 Å². The molecule has 1 aliphatic heterocycles. The topological polar surface area (TPSA) is 51.5 Å². The van der Waals surface area contributed by atoms with Crippen molar-refractivity contribution in [3.63, 3.8) is 0 Å². The van der Waals surface area contributed by atoms with Crippen LogP contribution >= 0.6 is 0 Å². The van der Waals surface area contributed by atoms with Crippen LogP contribution in [0.15, 0.2) is 18.2 Å². The molecule has 2 aromatic rings. The second-order valence-electron chi connectivity index (χ2n) is 6.66. The van der Waals surface area contributed by atoms with Crippen molar-refractivity contribution in [1.82, 2.24) is 9.47 Å². The highest BCUT2D eigenvalue weighted by Gasteiger charge is 2.39. The van der Waals surface area contributed by atoms with Crippen LogP contribution in [0.5, 0.6) is 0 Å². The Morgan fingerprint density at radius 3 is 2.92 bits per heavy atom. The van der Waals surface area contributed by atoms with E-state index in [-0.39, 0.29) is 12.6 Å². The molecule has 4 rings (SSSR count). The van der Waals surface area contributed by atoms with E-state index >= 15 is 0 Å². The zero-order chi connectivity index (χ0) is 16.8. The first kappa shape index (κ1) is 15.2. The third kappa shape index (κ3) is 2.14. The van der Waals surface area contributed by atoms with Gasteiger partial charge in [-0.3, -0.25) is 4.79 Å². The van der Waals surface area contributed by atoms with Gasteiger partial charge in [-0.05, 0) is 50.8 Å². The zero-order valence-corrected chi connectivity index (χ0v) is 14.2. The lowest BCUT2D eigenvalue weighted by atomic mass is 9.89. The smallest absolute Gasteiger partial charge is 0.397 e. The number of benzene rings is 1. The second kappa shape index (κ2) is 5.65. The first-order valence-electron chi connectivity index (χ1n) is 8.71. The first-order chi connectivity index (χ1) is 11.6. The highest BCUT2D eigenvalue weighted by atomic mass is 16.5. The number of ether oxygens (including phenoxy) is 1. The Kier molecular flexibility index (Phi) is 3.59. The van der Waals surface area contributed by atoms with Gasteiger partial charge >= 0.3 is 11.9 Å². The SMILES string of the molecule is CCOC(=O)C(=O)N1CCn2c3c(c4cc(C)ccc42)CCC[C@H]31. The van der Waals surface area contributed by atoms with E-state index < -0.39 is 11.9 Å². The number of carbonyl (C=O) groups excluding carboxylic acids is 2. The molecule has 1 amide bonds. The monoisotopic (exact) mass is 326 g/mol. The minimum absolute atomic E-state index is 0.00730. The van der Waals surface area contributed by atoms with Gasteiger partial charge in [-0.2, -0.15) is 0 Å². The maximum Gasteiger partial charge on any atom is 0.397 e. The summed E-state index contributed by atoms with van der Waals surface area (Å²) < 4.78 is 7.27. The number of esters is 1. The van der Waals surface area contributed by atoms with Crippen molar-refractivity contribution in [2.24, 2.45) is 0 Å². The van der Waals surface area contributed by atoms with E-state index in [2.05, 4.69) is 29.7 Å². The molecular weight excluding hydrogens is 304 g/mol. The van der Waals surface area contributed by atoms with Gasteiger partial charge < -0.3 is 14.2 Å². The van der Waals surface area contributed by atoms with Gasteiger partial charge in [0, 0.05) is 29.7 Å². The summed E-state index contributed by atoms with van der Waals surface area (Å²) in [6.45, 7) is 5.36. The van der Waals surface area contributed by atoms with Crippen LogP contribution < -0.4 is 0 Å². The van der Waals surface area contributed by atoms with Gasteiger partial charge in [0.2, 0.25) is 0 Å². The molecule has 0 saturated heterocycles. The van der Waals surface area contributed by atoms with Crippen molar-refractivity contribution in [1.29, 1.82) is 0 Å². The number of amides is 1. The van der Waals surface area contributed by atoms with Gasteiger partial charge in [0.15, 0.2) is 0 Å². The third-order valence-electron chi connectivity index (χ3n) is 5.24. The summed E-state index contributed by atoms with van der Waals surface area (Å²) in [4.78, 5) is 26.2. The molecule has 126 valence electrons. The standard InChI is InChI=1S/C19H22N2O3/c1-3-24-19(23)18(22)21-10-9-20-15-8-7-12(2)11-14(15)13-5-4-6-16(21)17(13)20/h7-8,11,16H,3-6,9-10H2,1-2H3/t16-/m1/s1. The van der Waals surface area contributed by atoms with Gasteiger partial charge in [0.25, 0.3) is 0 Å². The molecule has 24 heavy (non-hydrogen) atoms. The molecule has 1 aliphatic carbocycles. The summed E-state index contributed by atoms with van der Waals surface area (Å²) in [6.07, 6.45) is 2.99. The molecule has 1 aromatic carbocycles. The van der Waals surface area contributed by atoms with Gasteiger partial charge in [0.05, 0.1) is 12.6 Å². The Morgan fingerprint density at radius 2 is 2.12 bits per heavy atom. The molecule has 0 spiro atoms. The Labute approximate surface area is 141 Å². The van der Waals surface area contributed by atoms with E-state index in [1.54, 1.807) is 11.8 Å². The maximum absolute atomic E-state index is 12.5. The Morgan fingerprint density at radius 1 is 1.29 bits per heavy atom. The fraction of sp³-hybridized carbons (Fsp3) is 0.474. The lowest BCUT2D eigenvalue weighted by molar-refractivity contribution is -0.162. The van der Waals surface area contributed by atoms with Crippen LogP contribution in [0.2, 0.25) is 0 Å². The highest BCUT2D eigenvalue weighted by Crippen LogP contribution is 2.42. The summed E-state index contributed by atoms with van der Waals surface area (Å²) in [5.41, 5.74) is 5.08. The van der Waals surface area contributed by atoms with E-state index in [0.29, 0.717) is 6.54 Å². The first-order valence-corrected chi connectivity index (χ1v) is 8.71. The van der Waals surface area contributed by atoms with Crippen LogP contribution in [-0.4, -0.2) is 34.5 Å². The van der Waals surface area contributed by atoms with Crippen molar-refractivity contribution in [2.45, 2.75) is 45.7 Å². The van der Waals surface area contributed by atoms with Gasteiger partial charge in [-0.1, -0.05) is 11.6 Å². The van der Waals surface area contributed by atoms with Crippen molar-refractivity contribution < 1.29 is 14.3 Å². The molecule has 0 saturated carbocycles. The molecule has 0 radical (unpaired) electrons. The molecule has 0 unspecified atom stereocenters. The van der Waals surface area contributed by atoms with Gasteiger partial charge in [-0.15, -0.1) is 0 Å². The lowest BCUT2D eigenvalue weighted by Gasteiger charge is -2.39. The molecule has 5 heteroatoms. The molecule has 2 aliphatic rings. The average molecular weight is 326 g/mol. The number of nitrogens with zero attached hydrogens (tertiary/aromatic N) is 2. The predicted octanol–water partition coefficient (Wildman–Crippen LogP) is 2.73. The molecule has 0 fully saturated rings. The van der Waals surface area contributed by atoms with E-state index in [4.69, 9.17) is 4.74 Å². The molecule has 2 heterocycles. The number of carbonyl (C=O) groups is 2. The van der Waals surface area contributed by atoms with E-state index in [1.807, 2.05) is 0 Å². The predicted molar refractivity (Wildman–Crippen MR) is 90.7 cm³/mol. The van der Waals surface area contributed by atoms with Crippen LogP contribution in [0.4, 0.5) is 0 Å². The van der Waals surface area contributed by atoms with Crippen LogP contribution in [0, 0.1) is 6.92 Å². The maximum atomic E-state index is 12.5. The zero-order valence-electron chi connectivity index (χ0n) is 14.2. The number of aryl methyl sites for hydroxylation is 2. The second-order valence-corrected chi connectivity index (χ2v) is 6.66. The number of hydrogen-bond acceptors (Lipinski definition) is 3. The summed E-state index contributed by atoms with van der Waals surface area (Å²) in [5.74, 6) is -1.23. The summed E-state index contributed by atoms with van der Waals surface area (Å²) in [6, 6.07) is 6.56. The molecule has 1 atom stereocenters. The van der Waals surface area contributed by atoms with Crippen LogP contribution in [0.1, 0.15) is 42.6 Å². The van der Waals surface area contributed by atoms with E-state index in [0.717, 1.165) is 25.8 Å². The van der Waals surface area contributed by atoms with Gasteiger partial charge in [0.1, 0.15) is 0 Å². The number of hydrogen-bond donors (Lipinski definition) is 0. The number of fused-ring (bicyclic) bond motifs is 3. The molecule has 1 aromatic heterocycles. The fourth-order valence-electron chi connectivity index (χ4n) is 4.27. The van der Waals surface area contributed by atoms with Crippen LogP contribution in [0.3, 0.4) is 0 Å². The van der Waals surface area contributed by atoms with Crippen LogP contribution in [0.25, 0.3) is 10.9 Å². The van der Waals surface area contributed by atoms with Crippen molar-refractivity contribution >= 4 is 22.8 Å². The fourth-order valence-corrected chi connectivity index (χ4v) is 4.27. The van der Waals surface area contributed by atoms with Crippen molar-refractivity contribution in [3.05, 3.63) is 35.0 Å². The summed E-state index contributed by atoms with van der Waals surface area (Å²) in [7, 11) is 0. The molecule has 0 bridgehead atoms. The highest BCUT2D eigenvalue weighted by molar-refractivity contribution is 6.32. The number of aromatic nitrogens is 1. The van der Waals surface area contributed by atoms with Crippen molar-refractivity contribution in [3.8, 4) is 0 Å². The van der Waals surface area contributed by atoms with E-state index in [9.17, 15) is 9.59 Å². The minimum Gasteiger partial charge on any atom is -0.459 e. The van der Waals surface area contributed by atoms with Crippen LogP contribution in [-0.2, 0) is 27.3 Å². The minimum atomic E-state index is -0.731. The Hall–Kier alpha value is -2.30. The number of rotatable bonds is 1. The largest absolute Gasteiger partial charge is 0.459 e. The normalized spacial score (nSPS) is 19.2. The van der Waals surface area contributed by atoms with Crippen molar-refractivity contribution in [2.75, 3.05) is 13.2 Å². The molecular formula is C19H22N2O3. The molecule has 0 N–H and O–H groups in total. The Balaban J connectivity index is 1.80. The summed E-state index contributed by atoms with van der Waals surface area (Å²) >= 11 is 0. The summed E-state index contributed by atoms with van der Waals surface area (Å²) in [5, 5.41) is 1.31. The average Bonchev–Trinajstić information content (AvgIpc) is 2.90. The molecule has 5 nitrogen and oxygen atoms in total.